The Morgan fingerprint density at radius 3 is 1.93 bits per heavy atom. The molecule has 1 aliphatic rings. The van der Waals surface area contributed by atoms with Crippen molar-refractivity contribution in [1.29, 1.82) is 0 Å². The van der Waals surface area contributed by atoms with Gasteiger partial charge in [0.2, 0.25) is 0 Å². The normalized spacial score (nSPS) is 16.2. The lowest BCUT2D eigenvalue weighted by Crippen LogP contribution is -2.34. The minimum Gasteiger partial charge on any atom is -0.364 e. The summed E-state index contributed by atoms with van der Waals surface area (Å²) < 4.78 is 44.5. The molecule has 5 rings (SSSR count). The number of benzene rings is 2. The minimum absolute atomic E-state index is 0.0102. The number of hydrogen-bond acceptors (Lipinski definition) is 7. The second-order valence-corrected chi connectivity index (χ2v) is 11.7. The maximum absolute atomic E-state index is 14.0. The fourth-order valence-electron chi connectivity index (χ4n) is 5.13. The Labute approximate surface area is 251 Å². The third-order valence-electron chi connectivity index (χ3n) is 7.71. The summed E-state index contributed by atoms with van der Waals surface area (Å²) in [5.74, 6) is -0.942. The zero-order chi connectivity index (χ0) is 30.4. The lowest BCUT2D eigenvalue weighted by atomic mass is 9.69. The number of rotatable bonds is 8. The molecular formula is C29H32Cl2F2N4O5. The van der Waals surface area contributed by atoms with E-state index in [2.05, 4.69) is 28.7 Å². The number of nitrogens with zero attached hydrogens (tertiary/aromatic N) is 4. The van der Waals surface area contributed by atoms with Gasteiger partial charge in [-0.2, -0.15) is 0 Å². The largest absolute Gasteiger partial charge is 0.443 e. The molecule has 2 heterocycles. The van der Waals surface area contributed by atoms with Crippen LogP contribution in [0.3, 0.4) is 0 Å². The highest BCUT2D eigenvalue weighted by atomic mass is 35.5. The van der Waals surface area contributed by atoms with Gasteiger partial charge in [0, 0.05) is 47.7 Å². The number of aromatic nitrogens is 4. The summed E-state index contributed by atoms with van der Waals surface area (Å²) in [5, 5.41) is 8.04. The van der Waals surface area contributed by atoms with Crippen LogP contribution in [0, 0.1) is 23.0 Å². The van der Waals surface area contributed by atoms with Crippen LogP contribution in [0.5, 0.6) is 0 Å². The molecule has 1 saturated carbocycles. The van der Waals surface area contributed by atoms with Gasteiger partial charge in [0.15, 0.2) is 11.6 Å². The minimum atomic E-state index is -0.653. The van der Waals surface area contributed by atoms with Gasteiger partial charge in [-0.05, 0) is 48.4 Å². The SMILES string of the molecule is CC1(C)CCCCC1Cn1c(Cc2c(F)cccc2Cl)noc1=O.COCn1c(Cc2c(F)cccc2Cl)noc1=O. The summed E-state index contributed by atoms with van der Waals surface area (Å²) in [6.07, 6.45) is 4.81. The topological polar surface area (TPSA) is 105 Å². The summed E-state index contributed by atoms with van der Waals surface area (Å²) in [5.41, 5.74) is 0.767. The van der Waals surface area contributed by atoms with Crippen LogP contribution < -0.4 is 11.5 Å². The Hall–Kier alpha value is -3.28. The molecule has 13 heteroatoms. The van der Waals surface area contributed by atoms with Crippen LogP contribution >= 0.6 is 23.2 Å². The van der Waals surface area contributed by atoms with Gasteiger partial charge in [0.25, 0.3) is 0 Å². The van der Waals surface area contributed by atoms with Crippen LogP contribution in [0.15, 0.2) is 55.0 Å². The van der Waals surface area contributed by atoms with Crippen molar-refractivity contribution in [3.8, 4) is 0 Å². The molecule has 0 spiro atoms. The standard InChI is InChI=1S/C18H22ClFN2O2.C11H10ClFN2O3/c1-18(2)9-4-3-6-12(18)11-22-16(21-24-17(22)23)10-13-14(19)7-5-8-15(13)20;1-17-6-15-10(14-18-11(15)16)5-7-8(12)3-2-4-9(7)13/h5,7-8,12H,3-4,6,9-11H2,1-2H3;2-4H,5-6H2,1H3. The number of hydrogen-bond donors (Lipinski definition) is 0. The number of halogens is 4. The van der Waals surface area contributed by atoms with Gasteiger partial charge in [-0.3, -0.25) is 13.6 Å². The molecule has 0 aliphatic heterocycles. The second-order valence-electron chi connectivity index (χ2n) is 10.9. The maximum atomic E-state index is 14.0. The molecule has 1 unspecified atom stereocenters. The van der Waals surface area contributed by atoms with Crippen molar-refractivity contribution in [2.45, 2.75) is 65.6 Å². The Bertz CT molecular complexity index is 1590. The van der Waals surface area contributed by atoms with E-state index >= 15 is 0 Å². The molecule has 0 saturated heterocycles. The van der Waals surface area contributed by atoms with Gasteiger partial charge in [-0.25, -0.2) is 22.9 Å². The fraction of sp³-hybridized carbons (Fsp3) is 0.448. The van der Waals surface area contributed by atoms with Crippen molar-refractivity contribution >= 4 is 23.2 Å². The predicted octanol–water partition coefficient (Wildman–Crippen LogP) is 6.26. The lowest BCUT2D eigenvalue weighted by molar-refractivity contribution is 0.118. The molecule has 4 aromatic rings. The molecule has 1 atom stereocenters. The molecule has 0 bridgehead atoms. The Morgan fingerprint density at radius 1 is 0.905 bits per heavy atom. The zero-order valence-electron chi connectivity index (χ0n) is 23.5. The molecule has 2 aromatic heterocycles. The van der Waals surface area contributed by atoms with E-state index < -0.39 is 23.1 Å². The molecular weight excluding hydrogens is 593 g/mol. The van der Waals surface area contributed by atoms with E-state index in [1.807, 2.05) is 0 Å². The van der Waals surface area contributed by atoms with E-state index in [1.165, 1.54) is 42.7 Å². The summed E-state index contributed by atoms with van der Waals surface area (Å²) in [6.45, 7) is 5.02. The van der Waals surface area contributed by atoms with Crippen LogP contribution in [0.2, 0.25) is 10.0 Å². The van der Waals surface area contributed by atoms with Gasteiger partial charge in [-0.15, -0.1) is 0 Å². The first-order chi connectivity index (χ1) is 20.0. The van der Waals surface area contributed by atoms with Gasteiger partial charge in [0.05, 0.1) is 0 Å². The monoisotopic (exact) mass is 624 g/mol. The van der Waals surface area contributed by atoms with Crippen molar-refractivity contribution in [3.05, 3.63) is 102 Å². The molecule has 2 aromatic carbocycles. The van der Waals surface area contributed by atoms with Crippen LogP contribution in [0.1, 0.15) is 62.3 Å². The van der Waals surface area contributed by atoms with E-state index in [0.29, 0.717) is 28.9 Å². The van der Waals surface area contributed by atoms with E-state index in [-0.39, 0.29) is 41.4 Å². The number of methoxy groups -OCH3 is 1. The second kappa shape index (κ2) is 13.8. The van der Waals surface area contributed by atoms with E-state index in [0.717, 1.165) is 12.8 Å². The quantitative estimate of drug-likeness (QED) is 0.228. The molecule has 1 fully saturated rings. The number of ether oxygens (including phenoxy) is 1. The average Bonchev–Trinajstić information content (AvgIpc) is 3.46. The summed E-state index contributed by atoms with van der Waals surface area (Å²) in [6, 6.07) is 8.91. The van der Waals surface area contributed by atoms with Crippen molar-refractivity contribution in [2.75, 3.05) is 7.11 Å². The lowest BCUT2D eigenvalue weighted by Gasteiger charge is -2.38. The van der Waals surface area contributed by atoms with E-state index in [4.69, 9.17) is 32.5 Å². The third-order valence-corrected chi connectivity index (χ3v) is 8.41. The Kier molecular flexibility index (Phi) is 10.4. The first-order valence-electron chi connectivity index (χ1n) is 13.5. The van der Waals surface area contributed by atoms with Gasteiger partial charge in [0.1, 0.15) is 18.4 Å². The highest BCUT2D eigenvalue weighted by Gasteiger charge is 2.33. The predicted molar refractivity (Wildman–Crippen MR) is 153 cm³/mol. The fourth-order valence-corrected chi connectivity index (χ4v) is 5.59. The highest BCUT2D eigenvalue weighted by molar-refractivity contribution is 6.31. The average molecular weight is 626 g/mol. The molecule has 9 nitrogen and oxygen atoms in total. The van der Waals surface area contributed by atoms with Crippen molar-refractivity contribution in [1.82, 2.24) is 19.4 Å². The molecule has 0 amide bonds. The van der Waals surface area contributed by atoms with E-state index in [1.54, 1.807) is 22.8 Å². The molecule has 226 valence electrons. The van der Waals surface area contributed by atoms with Crippen LogP contribution in [-0.2, 0) is 30.9 Å². The van der Waals surface area contributed by atoms with Crippen LogP contribution in [0.25, 0.3) is 0 Å². The summed E-state index contributed by atoms with van der Waals surface area (Å²) >= 11 is 12.0. The molecule has 42 heavy (non-hydrogen) atoms. The van der Waals surface area contributed by atoms with Crippen LogP contribution in [0.4, 0.5) is 8.78 Å². The highest BCUT2D eigenvalue weighted by Crippen LogP contribution is 2.41. The summed E-state index contributed by atoms with van der Waals surface area (Å²) in [4.78, 5) is 23.4. The van der Waals surface area contributed by atoms with Crippen molar-refractivity contribution < 1.29 is 22.6 Å². The Morgan fingerprint density at radius 2 is 1.43 bits per heavy atom. The zero-order valence-corrected chi connectivity index (χ0v) is 25.1. The van der Waals surface area contributed by atoms with Gasteiger partial charge in [-0.1, -0.05) is 72.3 Å². The summed E-state index contributed by atoms with van der Waals surface area (Å²) in [7, 11) is 1.43. The van der Waals surface area contributed by atoms with Crippen LogP contribution in [-0.4, -0.2) is 26.6 Å². The van der Waals surface area contributed by atoms with Gasteiger partial charge < -0.3 is 4.74 Å². The molecule has 0 radical (unpaired) electrons. The smallest absolute Gasteiger partial charge is 0.364 e. The third kappa shape index (κ3) is 7.37. The van der Waals surface area contributed by atoms with Crippen molar-refractivity contribution in [3.63, 3.8) is 0 Å². The first kappa shape index (κ1) is 31.7. The molecule has 1 aliphatic carbocycles. The van der Waals surface area contributed by atoms with Gasteiger partial charge >= 0.3 is 11.5 Å². The Balaban J connectivity index is 0.000000201. The maximum Gasteiger partial charge on any atom is 0.443 e. The first-order valence-corrected chi connectivity index (χ1v) is 14.2. The van der Waals surface area contributed by atoms with E-state index in [9.17, 15) is 18.4 Å². The van der Waals surface area contributed by atoms with Crippen molar-refractivity contribution in [2.24, 2.45) is 11.3 Å². The molecule has 0 N–H and O–H groups in total.